The van der Waals surface area contributed by atoms with Gasteiger partial charge in [0.05, 0.1) is 63.8 Å². The Labute approximate surface area is 413 Å². The highest BCUT2D eigenvalue weighted by molar-refractivity contribution is 5.86. The summed E-state index contributed by atoms with van der Waals surface area (Å²) in [6, 6.07) is 0. The van der Waals surface area contributed by atoms with Crippen LogP contribution in [0.3, 0.4) is 0 Å². The Morgan fingerprint density at radius 1 is 0.620 bits per heavy atom. The third-order valence-corrected chi connectivity index (χ3v) is 23.1. The lowest BCUT2D eigenvalue weighted by atomic mass is 9.36. The highest BCUT2D eigenvalue weighted by Crippen LogP contribution is 2.76. The summed E-state index contributed by atoms with van der Waals surface area (Å²) in [5.74, 6) is -3.06. The van der Waals surface area contributed by atoms with Gasteiger partial charge in [-0.05, 0) is 132 Å². The van der Waals surface area contributed by atoms with E-state index in [9.17, 15) is 60.0 Å². The van der Waals surface area contributed by atoms with Crippen LogP contribution in [0.15, 0.2) is 23.3 Å². The summed E-state index contributed by atoms with van der Waals surface area (Å²) in [6.07, 6.45) is -1.58. The molecule has 8 saturated carbocycles. The van der Waals surface area contributed by atoms with Gasteiger partial charge in [0, 0.05) is 47.2 Å². The first-order chi connectivity index (χ1) is 33.4. The van der Waals surface area contributed by atoms with Crippen LogP contribution in [0.25, 0.3) is 0 Å². The summed E-state index contributed by atoms with van der Waals surface area (Å²) in [5.41, 5.74) is -9.83. The lowest BCUT2D eigenvalue weighted by Crippen LogP contribution is -2.76. The minimum absolute atomic E-state index is 0.00108. The maximum absolute atomic E-state index is 13.5. The van der Waals surface area contributed by atoms with Gasteiger partial charge in [-0.2, -0.15) is 0 Å². The molecule has 0 bridgehead atoms. The van der Waals surface area contributed by atoms with Crippen molar-refractivity contribution in [2.75, 3.05) is 13.2 Å². The molecular formula is C53H74O18. The van der Waals surface area contributed by atoms with E-state index in [4.69, 9.17) is 28.7 Å². The number of rotatable bonds is 9. The second-order valence-electron chi connectivity index (χ2n) is 25.0. The quantitative estimate of drug-likeness (QED) is 0.0539. The molecule has 0 spiro atoms. The third kappa shape index (κ3) is 6.48. The summed E-state index contributed by atoms with van der Waals surface area (Å²) in [4.78, 5) is 62.8. The molecule has 0 aromatic carbocycles. The van der Waals surface area contributed by atoms with Gasteiger partial charge in [0.2, 0.25) is 0 Å². The molecule has 11 rings (SSSR count). The largest absolute Gasteiger partial charge is 0.458 e. The fourth-order valence-electron chi connectivity index (χ4n) is 18.8. The number of aliphatic hydroxyl groups is 8. The first-order valence-corrected chi connectivity index (χ1v) is 26.4. The lowest BCUT2D eigenvalue weighted by Gasteiger charge is -2.70. The van der Waals surface area contributed by atoms with E-state index in [0.717, 1.165) is 23.7 Å². The van der Waals surface area contributed by atoms with Crippen molar-refractivity contribution in [3.8, 4) is 0 Å². The zero-order chi connectivity index (χ0) is 50.7. The molecule has 1 saturated heterocycles. The first kappa shape index (κ1) is 50.4. The molecule has 71 heavy (non-hydrogen) atoms. The van der Waals surface area contributed by atoms with Crippen molar-refractivity contribution in [2.45, 2.75) is 208 Å². The first-order valence-electron chi connectivity index (χ1n) is 26.4. The molecule has 9 fully saturated rings. The molecule has 0 radical (unpaired) electrons. The normalized spacial score (nSPS) is 56.3. The number of carbonyl (C=O) groups excluding carboxylic acids is 4. The van der Waals surface area contributed by atoms with Crippen LogP contribution < -0.4 is 0 Å². The number of hydrogen-bond donors (Lipinski definition) is 8. The average Bonchev–Trinajstić information content (AvgIpc) is 4.10. The molecule has 18 heteroatoms. The van der Waals surface area contributed by atoms with Crippen LogP contribution in [0.2, 0.25) is 0 Å². The zero-order valence-corrected chi connectivity index (χ0v) is 41.3. The maximum atomic E-state index is 13.5. The van der Waals surface area contributed by atoms with E-state index in [2.05, 4.69) is 0 Å². The molecule has 0 amide bonds. The summed E-state index contributed by atoms with van der Waals surface area (Å²) >= 11 is 0. The van der Waals surface area contributed by atoms with Crippen molar-refractivity contribution >= 4 is 24.5 Å². The van der Waals surface area contributed by atoms with Gasteiger partial charge in [-0.15, -0.1) is 0 Å². The van der Waals surface area contributed by atoms with E-state index < -0.39 is 134 Å². The molecule has 3 heterocycles. The molecule has 3 unspecified atom stereocenters. The summed E-state index contributed by atoms with van der Waals surface area (Å²) in [5, 5.41) is 97.6. The highest BCUT2D eigenvalue weighted by atomic mass is 17.2. The van der Waals surface area contributed by atoms with Crippen molar-refractivity contribution in [1.82, 2.24) is 0 Å². The Morgan fingerprint density at radius 2 is 1.21 bits per heavy atom. The fraction of sp³-hybridized carbons (Fsp3) is 0.849. The monoisotopic (exact) mass is 998 g/mol. The third-order valence-electron chi connectivity index (χ3n) is 23.1. The van der Waals surface area contributed by atoms with E-state index in [1.807, 2.05) is 20.8 Å². The van der Waals surface area contributed by atoms with Crippen molar-refractivity contribution < 1.29 is 88.8 Å². The minimum Gasteiger partial charge on any atom is -0.458 e. The molecule has 18 nitrogen and oxygen atoms in total. The van der Waals surface area contributed by atoms with E-state index in [0.29, 0.717) is 32.1 Å². The lowest BCUT2D eigenvalue weighted by molar-refractivity contribution is -0.417. The van der Waals surface area contributed by atoms with Crippen LogP contribution in [0.1, 0.15) is 130 Å². The average molecular weight is 999 g/mol. The van der Waals surface area contributed by atoms with Crippen molar-refractivity contribution in [3.63, 3.8) is 0 Å². The van der Waals surface area contributed by atoms with Crippen LogP contribution >= 0.6 is 0 Å². The minimum atomic E-state index is -1.64. The zero-order valence-electron chi connectivity index (χ0n) is 41.3. The van der Waals surface area contributed by atoms with Gasteiger partial charge in [-0.1, -0.05) is 20.8 Å². The molecule has 8 N–H and O–H groups in total. The van der Waals surface area contributed by atoms with Crippen LogP contribution in [-0.2, 0) is 47.9 Å². The number of carbonyl (C=O) groups is 4. The smallest absolute Gasteiger partial charge is 0.331 e. The van der Waals surface area contributed by atoms with Crippen LogP contribution in [-0.4, -0.2) is 156 Å². The van der Waals surface area contributed by atoms with E-state index in [-0.39, 0.29) is 95.7 Å². The number of esters is 2. The number of aliphatic hydroxyl groups excluding tert-OH is 4. The van der Waals surface area contributed by atoms with Crippen molar-refractivity contribution in [1.29, 1.82) is 0 Å². The topological polar surface area (TPSA) is 286 Å². The molecule has 23 atom stereocenters. The van der Waals surface area contributed by atoms with Crippen LogP contribution in [0.5, 0.6) is 0 Å². The Balaban J connectivity index is 0.726. The molecule has 3 aliphatic heterocycles. The van der Waals surface area contributed by atoms with Crippen LogP contribution in [0, 0.1) is 56.7 Å². The Hall–Kier alpha value is -2.72. The van der Waals surface area contributed by atoms with Gasteiger partial charge in [0.25, 0.3) is 0 Å². The Bertz CT molecular complexity index is 2270. The number of hydrogen-bond acceptors (Lipinski definition) is 18. The van der Waals surface area contributed by atoms with Crippen LogP contribution in [0.4, 0.5) is 0 Å². The molecule has 11 aliphatic rings. The van der Waals surface area contributed by atoms with Crippen molar-refractivity contribution in [2.24, 2.45) is 56.7 Å². The van der Waals surface area contributed by atoms with Crippen molar-refractivity contribution in [3.05, 3.63) is 23.3 Å². The second kappa shape index (κ2) is 16.6. The fourth-order valence-corrected chi connectivity index (χ4v) is 18.8. The van der Waals surface area contributed by atoms with E-state index in [1.54, 1.807) is 6.92 Å². The molecular weight excluding hydrogens is 925 g/mol. The Morgan fingerprint density at radius 3 is 1.86 bits per heavy atom. The van der Waals surface area contributed by atoms with Gasteiger partial charge < -0.3 is 69.4 Å². The standard InChI is InChI=1S/C53H74O18/c1-27-43(71-70-31-6-11-48(25-54)35-19-37(56)47(4)33(29-18-40(59)67-24-29)9-14-52(47,64)34(35)8-13-50(48,62)22-31)41(60)42(61)44(68-27)69-30-5-12-49(26-55)36-20-38(57)46(3)32(28-17-39(58)66-23-28)7-10-45(46,2)53(36,65)16-15-51(49,63)21-30/h17-18,25-27,30-38,41-44,56-57,60-65H,5-16,19-24H2,1-4H3/t27-,30-,31+,32-,33-,34?,35?,36?,37-,38-,41+,42-,43+,44-,45+,46+,47+,48+,49+,50+,51+,52+,53+/m1/s1. The molecule has 0 aromatic rings. The van der Waals surface area contributed by atoms with Gasteiger partial charge in [-0.25, -0.2) is 19.4 Å². The predicted octanol–water partition coefficient (Wildman–Crippen LogP) is 1.96. The number of ether oxygens (including phenoxy) is 4. The molecule has 0 aromatic heterocycles. The van der Waals surface area contributed by atoms with E-state index >= 15 is 0 Å². The van der Waals surface area contributed by atoms with E-state index in [1.165, 1.54) is 12.2 Å². The number of cyclic esters (lactones) is 2. The Kier molecular flexibility index (Phi) is 11.8. The maximum Gasteiger partial charge on any atom is 0.331 e. The van der Waals surface area contributed by atoms with Gasteiger partial charge >= 0.3 is 11.9 Å². The summed E-state index contributed by atoms with van der Waals surface area (Å²) in [7, 11) is 0. The predicted molar refractivity (Wildman–Crippen MR) is 244 cm³/mol. The molecule has 394 valence electrons. The SMILES string of the molecule is C[C@H]1O[C@H](O[C@@H]2CC[C@]3(C=O)C4C[C@@H](O)[C@]5(C)[C@@H](C6=CC(=O)OC6)CC[C@]5(C)[C@]4(O)CC[C@]3(O)C2)[C@H](O)[C@H](O)[C@H]1OO[C@H]1CC[C@]2(C=O)C3C[C@@H](O)[C@]4(C)[C@@H](C5=CC(=O)OC5)CC[C@]4(O)C3CC[C@]2(O)C1. The number of aldehydes is 2. The highest BCUT2D eigenvalue weighted by Gasteiger charge is 2.79. The van der Waals surface area contributed by atoms with Gasteiger partial charge in [-0.3, -0.25) is 0 Å². The van der Waals surface area contributed by atoms with Gasteiger partial charge in [0.15, 0.2) is 6.29 Å². The second-order valence-corrected chi connectivity index (χ2v) is 25.0. The number of fused-ring (bicyclic) bond motifs is 10. The summed E-state index contributed by atoms with van der Waals surface area (Å²) < 4.78 is 22.9. The van der Waals surface area contributed by atoms with Gasteiger partial charge in [0.1, 0.15) is 44.1 Å². The summed E-state index contributed by atoms with van der Waals surface area (Å²) in [6.45, 7) is 7.70. The molecule has 8 aliphatic carbocycles.